The minimum absolute atomic E-state index is 0.0509. The third-order valence-electron chi connectivity index (χ3n) is 4.34. The lowest BCUT2D eigenvalue weighted by molar-refractivity contribution is 0.352. The minimum Gasteiger partial charge on any atom is -0.332 e. The van der Waals surface area contributed by atoms with Gasteiger partial charge in [-0.3, -0.25) is 0 Å². The normalized spacial score (nSPS) is 22.2. The van der Waals surface area contributed by atoms with Gasteiger partial charge >= 0.3 is 0 Å². The molecule has 2 rings (SSSR count). The number of H-pyrrole nitrogens is 1. The van der Waals surface area contributed by atoms with Gasteiger partial charge in [0.15, 0.2) is 5.03 Å². The highest BCUT2D eigenvalue weighted by molar-refractivity contribution is 7.89. The molecule has 0 aliphatic heterocycles. The third kappa shape index (κ3) is 6.05. The Bertz CT molecular complexity index is 758. The highest BCUT2D eigenvalue weighted by Crippen LogP contribution is 2.21. The van der Waals surface area contributed by atoms with Crippen molar-refractivity contribution in [3.63, 3.8) is 0 Å². The molecule has 0 radical (unpaired) electrons. The summed E-state index contributed by atoms with van der Waals surface area (Å²) in [4.78, 5) is 6.81. The molecule has 0 spiro atoms. The molecular formula is C15H28N4O4S2. The van der Waals surface area contributed by atoms with Gasteiger partial charge in [-0.05, 0) is 25.7 Å². The fourth-order valence-electron chi connectivity index (χ4n) is 2.99. The van der Waals surface area contributed by atoms with E-state index in [0.29, 0.717) is 31.5 Å². The van der Waals surface area contributed by atoms with Crippen LogP contribution in [0.1, 0.15) is 58.2 Å². The zero-order valence-electron chi connectivity index (χ0n) is 14.8. The maximum Gasteiger partial charge on any atom is 0.257 e. The number of aryl methyl sites for hydroxylation is 1. The summed E-state index contributed by atoms with van der Waals surface area (Å²) in [6, 6.07) is -0.512. The number of hydrogen-bond acceptors (Lipinski definition) is 5. The third-order valence-corrected chi connectivity index (χ3v) is 7.29. The molecule has 1 saturated carbocycles. The first-order valence-corrected chi connectivity index (χ1v) is 12.0. The Labute approximate surface area is 150 Å². The van der Waals surface area contributed by atoms with Crippen molar-refractivity contribution in [3.8, 4) is 0 Å². The monoisotopic (exact) mass is 392 g/mol. The molecule has 1 aliphatic carbocycles. The number of nitrogens with one attached hydrogen (secondary N) is 3. The standard InChI is InChI=1S/C15H28N4O4S2/c1-3-5-9-24(20,21)18-12-7-6-8-13(10-12)19-25(22,23)15-11-16-14(4-2)17-15/h11-13,18-19H,3-10H2,1-2H3,(H,16,17)/t12-,13+/m0/s1. The second-order valence-corrected chi connectivity index (χ2v) is 10.1. The maximum atomic E-state index is 12.4. The minimum atomic E-state index is -3.68. The van der Waals surface area contributed by atoms with Crippen LogP contribution >= 0.6 is 0 Å². The van der Waals surface area contributed by atoms with E-state index in [1.807, 2.05) is 13.8 Å². The summed E-state index contributed by atoms with van der Waals surface area (Å²) in [6.45, 7) is 3.83. The highest BCUT2D eigenvalue weighted by atomic mass is 32.2. The van der Waals surface area contributed by atoms with Gasteiger partial charge in [0, 0.05) is 18.5 Å². The molecule has 0 unspecified atom stereocenters. The fraction of sp³-hybridized carbons (Fsp3) is 0.800. The van der Waals surface area contributed by atoms with E-state index in [-0.39, 0.29) is 22.9 Å². The van der Waals surface area contributed by atoms with Crippen LogP contribution in [0.25, 0.3) is 0 Å². The molecule has 3 N–H and O–H groups in total. The van der Waals surface area contributed by atoms with Gasteiger partial charge in [-0.25, -0.2) is 31.3 Å². The predicted molar refractivity (Wildman–Crippen MR) is 96.2 cm³/mol. The fourth-order valence-corrected chi connectivity index (χ4v) is 5.73. The van der Waals surface area contributed by atoms with Crippen LogP contribution in [0.5, 0.6) is 0 Å². The van der Waals surface area contributed by atoms with Gasteiger partial charge in [0.05, 0.1) is 11.9 Å². The van der Waals surface area contributed by atoms with Gasteiger partial charge in [-0.15, -0.1) is 0 Å². The van der Waals surface area contributed by atoms with Crippen molar-refractivity contribution in [2.75, 3.05) is 5.75 Å². The molecule has 8 nitrogen and oxygen atoms in total. The lowest BCUT2D eigenvalue weighted by atomic mass is 9.92. The average Bonchev–Trinajstić information content (AvgIpc) is 3.02. The van der Waals surface area contributed by atoms with Gasteiger partial charge < -0.3 is 4.98 Å². The molecule has 1 aliphatic rings. The summed E-state index contributed by atoms with van der Waals surface area (Å²) >= 11 is 0. The molecule has 2 atom stereocenters. The molecular weight excluding hydrogens is 364 g/mol. The Hall–Kier alpha value is -0.970. The summed E-state index contributed by atoms with van der Waals surface area (Å²) in [7, 11) is -6.98. The van der Waals surface area contributed by atoms with Gasteiger partial charge in [0.1, 0.15) is 5.82 Å². The molecule has 1 aromatic heterocycles. The first-order chi connectivity index (χ1) is 11.8. The van der Waals surface area contributed by atoms with Crippen LogP contribution in [-0.4, -0.2) is 44.6 Å². The lowest BCUT2D eigenvalue weighted by Crippen LogP contribution is -2.46. The van der Waals surface area contributed by atoms with Gasteiger partial charge in [0.2, 0.25) is 10.0 Å². The zero-order chi connectivity index (χ0) is 18.5. The van der Waals surface area contributed by atoms with Crippen molar-refractivity contribution in [2.45, 2.75) is 75.9 Å². The van der Waals surface area contributed by atoms with Crippen LogP contribution in [0.15, 0.2) is 11.2 Å². The Morgan fingerprint density at radius 3 is 2.44 bits per heavy atom. The van der Waals surface area contributed by atoms with Crippen LogP contribution in [0, 0.1) is 0 Å². The summed E-state index contributed by atoms with van der Waals surface area (Å²) in [5.41, 5.74) is 0. The van der Waals surface area contributed by atoms with Crippen LogP contribution in [0.3, 0.4) is 0 Å². The van der Waals surface area contributed by atoms with E-state index in [2.05, 4.69) is 19.4 Å². The molecule has 0 bridgehead atoms. The van der Waals surface area contributed by atoms with Crippen molar-refractivity contribution in [1.82, 2.24) is 19.4 Å². The molecule has 0 aromatic carbocycles. The molecule has 0 amide bonds. The Morgan fingerprint density at radius 1 is 1.16 bits per heavy atom. The number of rotatable bonds is 9. The zero-order valence-corrected chi connectivity index (χ0v) is 16.4. The van der Waals surface area contributed by atoms with Crippen molar-refractivity contribution in [1.29, 1.82) is 0 Å². The quantitative estimate of drug-likeness (QED) is 0.584. The van der Waals surface area contributed by atoms with Crippen molar-refractivity contribution >= 4 is 20.0 Å². The Kier molecular flexibility index (Phi) is 7.01. The van der Waals surface area contributed by atoms with Crippen LogP contribution in [0.2, 0.25) is 0 Å². The summed E-state index contributed by atoms with van der Waals surface area (Å²) in [6.07, 6.45) is 6.04. The van der Waals surface area contributed by atoms with Crippen molar-refractivity contribution < 1.29 is 16.8 Å². The molecule has 25 heavy (non-hydrogen) atoms. The van der Waals surface area contributed by atoms with E-state index in [1.165, 1.54) is 6.20 Å². The molecule has 1 heterocycles. The van der Waals surface area contributed by atoms with E-state index in [0.717, 1.165) is 19.3 Å². The summed E-state index contributed by atoms with van der Waals surface area (Å²) in [5.74, 6) is 0.732. The van der Waals surface area contributed by atoms with Crippen LogP contribution in [-0.2, 0) is 26.5 Å². The summed E-state index contributed by atoms with van der Waals surface area (Å²) in [5, 5.41) is 0.0509. The topological polar surface area (TPSA) is 121 Å². The van der Waals surface area contributed by atoms with Crippen LogP contribution < -0.4 is 9.44 Å². The number of hydrogen-bond donors (Lipinski definition) is 3. The molecule has 144 valence electrons. The number of unbranched alkanes of at least 4 members (excludes halogenated alkanes) is 1. The Morgan fingerprint density at radius 2 is 1.84 bits per heavy atom. The first kappa shape index (κ1) is 20.3. The van der Waals surface area contributed by atoms with E-state index in [9.17, 15) is 16.8 Å². The average molecular weight is 393 g/mol. The van der Waals surface area contributed by atoms with E-state index in [4.69, 9.17) is 0 Å². The maximum absolute atomic E-state index is 12.4. The number of nitrogens with zero attached hydrogens (tertiary/aromatic N) is 1. The van der Waals surface area contributed by atoms with Crippen molar-refractivity contribution in [3.05, 3.63) is 12.0 Å². The van der Waals surface area contributed by atoms with Gasteiger partial charge in [-0.2, -0.15) is 0 Å². The molecule has 1 fully saturated rings. The number of sulfonamides is 2. The number of aromatic amines is 1. The van der Waals surface area contributed by atoms with E-state index < -0.39 is 20.0 Å². The van der Waals surface area contributed by atoms with E-state index in [1.54, 1.807) is 0 Å². The molecule has 0 saturated heterocycles. The highest BCUT2D eigenvalue weighted by Gasteiger charge is 2.29. The second-order valence-electron chi connectivity index (χ2n) is 6.52. The van der Waals surface area contributed by atoms with Gasteiger partial charge in [0.25, 0.3) is 10.0 Å². The molecule has 1 aromatic rings. The largest absolute Gasteiger partial charge is 0.332 e. The van der Waals surface area contributed by atoms with Crippen molar-refractivity contribution in [2.24, 2.45) is 0 Å². The second kappa shape index (κ2) is 8.61. The summed E-state index contributed by atoms with van der Waals surface area (Å²) < 4.78 is 54.4. The smallest absolute Gasteiger partial charge is 0.257 e. The first-order valence-electron chi connectivity index (χ1n) is 8.82. The number of imidazole rings is 1. The van der Waals surface area contributed by atoms with Crippen LogP contribution in [0.4, 0.5) is 0 Å². The number of aromatic nitrogens is 2. The molecule has 10 heteroatoms. The van der Waals surface area contributed by atoms with Gasteiger partial charge in [-0.1, -0.05) is 26.7 Å². The lowest BCUT2D eigenvalue weighted by Gasteiger charge is -2.29. The predicted octanol–water partition coefficient (Wildman–Crippen LogP) is 1.28. The van der Waals surface area contributed by atoms with E-state index >= 15 is 0 Å². The SMILES string of the molecule is CCCCS(=O)(=O)N[C@H]1CCC[C@@H](NS(=O)(=O)c2cnc(CC)[nH]2)C1. The Balaban J connectivity index is 1.96.